The third kappa shape index (κ3) is 4.14. The first kappa shape index (κ1) is 12.9. The molecule has 0 spiro atoms. The number of allylic oxidation sites excluding steroid dienone is 3. The number of carbonyl (C=O) groups is 1. The van der Waals surface area contributed by atoms with E-state index in [9.17, 15) is 9.18 Å². The van der Waals surface area contributed by atoms with Gasteiger partial charge in [0.25, 0.3) is 0 Å². The van der Waals surface area contributed by atoms with Gasteiger partial charge in [-0.05, 0) is 26.5 Å². The fraction of sp³-hybridized carbons (Fsp3) is 0.583. The average molecular weight is 226 g/mol. The van der Waals surface area contributed by atoms with Gasteiger partial charge in [0.1, 0.15) is 5.83 Å². The third-order valence-electron chi connectivity index (χ3n) is 2.52. The fourth-order valence-electron chi connectivity index (χ4n) is 1.75. The van der Waals surface area contributed by atoms with Crippen LogP contribution in [-0.2, 0) is 4.79 Å². The van der Waals surface area contributed by atoms with E-state index < -0.39 is 0 Å². The molecule has 1 aliphatic rings. The second kappa shape index (κ2) is 6.43. The number of hydrogen-bond acceptors (Lipinski definition) is 2. The molecule has 3 nitrogen and oxygen atoms in total. The largest absolute Gasteiger partial charge is 0.355 e. The molecule has 0 aromatic heterocycles. The van der Waals surface area contributed by atoms with Crippen molar-refractivity contribution >= 4 is 5.91 Å². The van der Waals surface area contributed by atoms with E-state index in [1.165, 1.54) is 6.08 Å². The molecule has 0 aromatic carbocycles. The van der Waals surface area contributed by atoms with Gasteiger partial charge in [0, 0.05) is 19.0 Å². The lowest BCUT2D eigenvalue weighted by Crippen LogP contribution is -2.37. The van der Waals surface area contributed by atoms with Crippen LogP contribution in [0.2, 0.25) is 0 Å². The fourth-order valence-corrected chi connectivity index (χ4v) is 1.75. The topological polar surface area (TPSA) is 32.3 Å². The smallest absolute Gasteiger partial charge is 0.234 e. The van der Waals surface area contributed by atoms with E-state index in [0.29, 0.717) is 26.1 Å². The number of amides is 1. The van der Waals surface area contributed by atoms with Crippen molar-refractivity contribution in [2.75, 3.05) is 26.7 Å². The Morgan fingerprint density at radius 3 is 3.06 bits per heavy atom. The van der Waals surface area contributed by atoms with Crippen LogP contribution in [0.25, 0.3) is 0 Å². The van der Waals surface area contributed by atoms with Crippen molar-refractivity contribution in [3.63, 3.8) is 0 Å². The Balaban J connectivity index is 2.34. The highest BCUT2D eigenvalue weighted by atomic mass is 19.1. The number of rotatable bonds is 5. The van der Waals surface area contributed by atoms with Gasteiger partial charge in [-0.15, -0.1) is 0 Å². The maximum absolute atomic E-state index is 13.4. The molecule has 1 unspecified atom stereocenters. The van der Waals surface area contributed by atoms with Crippen LogP contribution in [0.3, 0.4) is 0 Å². The Kier molecular flexibility index (Phi) is 5.19. The van der Waals surface area contributed by atoms with Crippen molar-refractivity contribution in [3.8, 4) is 0 Å². The lowest BCUT2D eigenvalue weighted by atomic mass is 9.99. The Morgan fingerprint density at radius 2 is 2.44 bits per heavy atom. The molecule has 1 N–H and O–H groups in total. The summed E-state index contributed by atoms with van der Waals surface area (Å²) in [5.74, 6) is -0.213. The minimum Gasteiger partial charge on any atom is -0.355 e. The quantitative estimate of drug-likeness (QED) is 0.770. The molecule has 4 heteroatoms. The Labute approximate surface area is 96.0 Å². The van der Waals surface area contributed by atoms with E-state index in [4.69, 9.17) is 0 Å². The maximum Gasteiger partial charge on any atom is 0.234 e. The molecule has 0 fully saturated rings. The van der Waals surface area contributed by atoms with E-state index in [0.717, 1.165) is 0 Å². The van der Waals surface area contributed by atoms with E-state index in [-0.39, 0.29) is 17.7 Å². The number of hydrogen-bond donors (Lipinski definition) is 1. The van der Waals surface area contributed by atoms with Crippen LogP contribution >= 0.6 is 0 Å². The molecule has 0 bridgehead atoms. The van der Waals surface area contributed by atoms with Crippen LogP contribution in [-0.4, -0.2) is 37.5 Å². The zero-order valence-electron chi connectivity index (χ0n) is 9.87. The summed E-state index contributed by atoms with van der Waals surface area (Å²) in [6.07, 6.45) is 5.89. The molecular weight excluding hydrogens is 207 g/mol. The first-order valence-electron chi connectivity index (χ1n) is 5.61. The minimum atomic E-state index is -0.107. The lowest BCUT2D eigenvalue weighted by Gasteiger charge is -2.22. The summed E-state index contributed by atoms with van der Waals surface area (Å²) in [6, 6.07) is 0. The molecule has 0 aliphatic heterocycles. The molecule has 90 valence electrons. The predicted molar refractivity (Wildman–Crippen MR) is 62.6 cm³/mol. The highest BCUT2D eigenvalue weighted by Crippen LogP contribution is 2.21. The third-order valence-corrected chi connectivity index (χ3v) is 2.52. The van der Waals surface area contributed by atoms with Crippen molar-refractivity contribution in [1.29, 1.82) is 0 Å². The molecule has 0 aromatic rings. The summed E-state index contributed by atoms with van der Waals surface area (Å²) in [5.41, 5.74) is 0. The number of nitrogens with zero attached hydrogens (tertiary/aromatic N) is 1. The van der Waals surface area contributed by atoms with Crippen molar-refractivity contribution in [2.45, 2.75) is 13.3 Å². The second-order valence-electron chi connectivity index (χ2n) is 4.06. The van der Waals surface area contributed by atoms with Crippen molar-refractivity contribution in [1.82, 2.24) is 10.2 Å². The Bertz CT molecular complexity index is 299. The maximum atomic E-state index is 13.4. The molecule has 0 saturated carbocycles. The number of carbonyl (C=O) groups excluding carboxylic acids is 1. The first-order chi connectivity index (χ1) is 7.63. The standard InChI is InChI=1S/C12H19FN2O/c1-3-14-12(16)9-15(2)8-10-6-4-5-7-11(10)13/h4-5,7,10H,3,6,8-9H2,1-2H3,(H,14,16). The molecule has 1 atom stereocenters. The summed E-state index contributed by atoms with van der Waals surface area (Å²) in [7, 11) is 1.83. The van der Waals surface area contributed by atoms with Crippen molar-refractivity contribution in [2.24, 2.45) is 5.92 Å². The highest BCUT2D eigenvalue weighted by Gasteiger charge is 2.18. The lowest BCUT2D eigenvalue weighted by molar-refractivity contribution is -0.121. The molecule has 1 amide bonds. The van der Waals surface area contributed by atoms with Crippen LogP contribution in [0.15, 0.2) is 24.1 Å². The molecule has 1 aliphatic carbocycles. The zero-order valence-corrected chi connectivity index (χ0v) is 9.87. The first-order valence-corrected chi connectivity index (χ1v) is 5.61. The van der Waals surface area contributed by atoms with E-state index in [1.807, 2.05) is 24.9 Å². The second-order valence-corrected chi connectivity index (χ2v) is 4.06. The average Bonchev–Trinajstić information content (AvgIpc) is 2.21. The summed E-state index contributed by atoms with van der Waals surface area (Å²) >= 11 is 0. The SMILES string of the molecule is CCNC(=O)CN(C)CC1CC=CC=C1F. The van der Waals surface area contributed by atoms with Crippen LogP contribution < -0.4 is 5.32 Å². The van der Waals surface area contributed by atoms with Crippen LogP contribution in [0.5, 0.6) is 0 Å². The molecule has 0 saturated heterocycles. The van der Waals surface area contributed by atoms with Gasteiger partial charge in [0.15, 0.2) is 0 Å². The molecular formula is C12H19FN2O. The number of nitrogens with one attached hydrogen (secondary N) is 1. The molecule has 16 heavy (non-hydrogen) atoms. The number of likely N-dealkylation sites (N-methyl/N-ethyl adjacent to an activating group) is 2. The summed E-state index contributed by atoms with van der Waals surface area (Å²) in [6.45, 7) is 3.41. The summed E-state index contributed by atoms with van der Waals surface area (Å²) in [4.78, 5) is 13.2. The van der Waals surface area contributed by atoms with Gasteiger partial charge in [0.05, 0.1) is 6.54 Å². The Hall–Kier alpha value is -1.16. The summed E-state index contributed by atoms with van der Waals surface area (Å²) in [5, 5.41) is 2.72. The van der Waals surface area contributed by atoms with Gasteiger partial charge >= 0.3 is 0 Å². The van der Waals surface area contributed by atoms with Gasteiger partial charge in [-0.3, -0.25) is 9.69 Å². The Morgan fingerprint density at radius 1 is 1.69 bits per heavy atom. The van der Waals surface area contributed by atoms with Crippen LogP contribution in [0.1, 0.15) is 13.3 Å². The van der Waals surface area contributed by atoms with Crippen molar-refractivity contribution < 1.29 is 9.18 Å². The normalized spacial score (nSPS) is 19.8. The monoisotopic (exact) mass is 226 g/mol. The predicted octanol–water partition coefficient (Wildman–Crippen LogP) is 1.48. The van der Waals surface area contributed by atoms with E-state index in [2.05, 4.69) is 5.32 Å². The van der Waals surface area contributed by atoms with Gasteiger partial charge in [-0.2, -0.15) is 0 Å². The van der Waals surface area contributed by atoms with Crippen LogP contribution in [0.4, 0.5) is 4.39 Å². The highest BCUT2D eigenvalue weighted by molar-refractivity contribution is 5.77. The zero-order chi connectivity index (χ0) is 12.0. The van der Waals surface area contributed by atoms with Crippen LogP contribution in [0, 0.1) is 5.92 Å². The molecule has 0 heterocycles. The minimum absolute atomic E-state index is 0.0132. The van der Waals surface area contributed by atoms with Gasteiger partial charge in [-0.25, -0.2) is 4.39 Å². The molecule has 0 radical (unpaired) electrons. The van der Waals surface area contributed by atoms with Gasteiger partial charge in [0.2, 0.25) is 5.91 Å². The van der Waals surface area contributed by atoms with Gasteiger partial charge in [-0.1, -0.05) is 12.2 Å². The van der Waals surface area contributed by atoms with Gasteiger partial charge < -0.3 is 5.32 Å². The van der Waals surface area contributed by atoms with E-state index in [1.54, 1.807) is 6.08 Å². The number of halogens is 1. The summed E-state index contributed by atoms with van der Waals surface area (Å²) < 4.78 is 13.4. The van der Waals surface area contributed by atoms with E-state index >= 15 is 0 Å². The van der Waals surface area contributed by atoms with Crippen molar-refractivity contribution in [3.05, 3.63) is 24.1 Å². The molecule has 1 rings (SSSR count).